The van der Waals surface area contributed by atoms with Gasteiger partial charge in [-0.1, -0.05) is 26.5 Å². The normalized spacial score (nSPS) is 8.44. The Balaban J connectivity index is 0. The molecule has 0 aromatic heterocycles. The number of thiocarbonyl (C=S) groups is 1. The average molecular weight is 246 g/mol. The summed E-state index contributed by atoms with van der Waals surface area (Å²) in [7, 11) is 0. The van der Waals surface area contributed by atoms with Crippen molar-refractivity contribution in [1.82, 2.24) is 0 Å². The van der Waals surface area contributed by atoms with Crippen LogP contribution in [-0.4, -0.2) is 11.0 Å². The zero-order valence-electron chi connectivity index (χ0n) is 5.46. The van der Waals surface area contributed by atoms with Gasteiger partial charge < -0.3 is 4.74 Å². The second-order valence-electron chi connectivity index (χ2n) is 1.97. The maximum Gasteiger partial charge on any atom is 0.216 e. The number of ether oxygens (including phenoxy) is 1. The fourth-order valence-electron chi connectivity index (χ4n) is 0.238. The molecule has 0 rings (SSSR count). The van der Waals surface area contributed by atoms with Gasteiger partial charge in [0, 0.05) is 21.1 Å². The van der Waals surface area contributed by atoms with Gasteiger partial charge in [0.25, 0.3) is 0 Å². The van der Waals surface area contributed by atoms with Crippen molar-refractivity contribution in [1.29, 1.82) is 0 Å². The molecule has 9 heavy (non-hydrogen) atoms. The van der Waals surface area contributed by atoms with Crippen LogP contribution in [0, 0.1) is 5.92 Å². The van der Waals surface area contributed by atoms with Gasteiger partial charge >= 0.3 is 0 Å². The smallest absolute Gasteiger partial charge is 0.216 e. The van der Waals surface area contributed by atoms with E-state index in [-0.39, 0.29) is 21.1 Å². The molecule has 0 N–H and O–H groups in total. The van der Waals surface area contributed by atoms with Gasteiger partial charge in [0.2, 0.25) is 4.38 Å². The molecule has 0 aliphatic heterocycles. The Morgan fingerprint density at radius 3 is 2.22 bits per heavy atom. The van der Waals surface area contributed by atoms with Crippen molar-refractivity contribution < 1.29 is 25.8 Å². The molecule has 0 fully saturated rings. The van der Waals surface area contributed by atoms with E-state index in [2.05, 4.69) is 38.7 Å². The van der Waals surface area contributed by atoms with E-state index in [0.717, 1.165) is 0 Å². The zero-order valence-corrected chi connectivity index (χ0v) is 9.17. The molecule has 0 unspecified atom stereocenters. The van der Waals surface area contributed by atoms with E-state index in [1.165, 1.54) is 0 Å². The second kappa shape index (κ2) is 7.04. The summed E-state index contributed by atoms with van der Waals surface area (Å²) < 4.78 is 5.23. The molecule has 0 aromatic carbocycles. The first-order valence-corrected chi connectivity index (χ1v) is 3.34. The summed E-state index contributed by atoms with van der Waals surface area (Å²) in [4.78, 5) is 0. The van der Waals surface area contributed by atoms with E-state index in [1.807, 2.05) is 0 Å². The molecule has 0 saturated carbocycles. The summed E-state index contributed by atoms with van der Waals surface area (Å²) in [5.74, 6) is 0.528. The molecule has 1 nitrogen and oxygen atoms in total. The average Bonchev–Trinajstić information content (AvgIpc) is 1.61. The van der Waals surface area contributed by atoms with Gasteiger partial charge in [0.05, 0.1) is 6.61 Å². The van der Waals surface area contributed by atoms with Crippen LogP contribution in [0.1, 0.15) is 13.8 Å². The number of rotatable bonds is 2. The molecule has 54 valence electrons. The first-order chi connectivity index (χ1) is 3.63. The quantitative estimate of drug-likeness (QED) is 0.452. The van der Waals surface area contributed by atoms with Crippen LogP contribution >= 0.6 is 24.8 Å². The molecule has 4 heteroatoms. The van der Waals surface area contributed by atoms with Crippen LogP contribution < -0.4 is 0 Å². The third-order valence-electron chi connectivity index (χ3n) is 0.540. The number of thiol groups is 1. The summed E-state index contributed by atoms with van der Waals surface area (Å²) in [5, 5.41) is 0. The Hall–Kier alpha value is 0.928. The second-order valence-corrected chi connectivity index (χ2v) is 3.05. The predicted octanol–water partition coefficient (Wildman–Crippen LogP) is 1.87. The molecule has 0 aromatic rings. The SMILES string of the molecule is CC(C)COC(=S)S.[Mo]. The van der Waals surface area contributed by atoms with Crippen molar-refractivity contribution in [3.8, 4) is 0 Å². The predicted molar refractivity (Wildman–Crippen MR) is 42.4 cm³/mol. The van der Waals surface area contributed by atoms with Crippen molar-refractivity contribution >= 4 is 29.2 Å². The summed E-state index contributed by atoms with van der Waals surface area (Å²) in [5.41, 5.74) is 0. The van der Waals surface area contributed by atoms with E-state index in [9.17, 15) is 0 Å². The van der Waals surface area contributed by atoms with Crippen LogP contribution in [0.4, 0.5) is 0 Å². The maximum absolute atomic E-state index is 4.90. The minimum Gasteiger partial charge on any atom is -0.478 e. The largest absolute Gasteiger partial charge is 0.478 e. The number of hydrogen-bond acceptors (Lipinski definition) is 2. The Labute approximate surface area is 81.2 Å². The molecule has 0 bridgehead atoms. The fourth-order valence-corrected chi connectivity index (χ4v) is 0.381. The van der Waals surface area contributed by atoms with Gasteiger partial charge in [-0.3, -0.25) is 0 Å². The Morgan fingerprint density at radius 1 is 1.67 bits per heavy atom. The molecule has 0 atom stereocenters. The standard InChI is InChI=1S/C5H10OS2.Mo/c1-4(2)3-6-5(7)8;/h4H,3H2,1-2H3,(H,7,8);. The van der Waals surface area contributed by atoms with Crippen molar-refractivity contribution in [3.05, 3.63) is 0 Å². The topological polar surface area (TPSA) is 9.23 Å². The van der Waals surface area contributed by atoms with E-state index in [1.54, 1.807) is 0 Å². The Bertz CT molecular complexity index is 85.0. The molecule has 0 aliphatic carbocycles. The summed E-state index contributed by atoms with van der Waals surface area (Å²) in [6.07, 6.45) is 0. The van der Waals surface area contributed by atoms with E-state index in [0.29, 0.717) is 16.9 Å². The zero-order chi connectivity index (χ0) is 6.57. The third kappa shape index (κ3) is 12.2. The first-order valence-electron chi connectivity index (χ1n) is 2.48. The molecule has 0 radical (unpaired) electrons. The van der Waals surface area contributed by atoms with Crippen molar-refractivity contribution in [2.24, 2.45) is 5.92 Å². The number of hydrogen-bond donors (Lipinski definition) is 1. The molecule has 0 saturated heterocycles. The van der Waals surface area contributed by atoms with Crippen LogP contribution in [0.15, 0.2) is 0 Å². The van der Waals surface area contributed by atoms with E-state index in [4.69, 9.17) is 4.74 Å². The van der Waals surface area contributed by atoms with E-state index >= 15 is 0 Å². The van der Waals surface area contributed by atoms with Gasteiger partial charge in [0.1, 0.15) is 0 Å². The van der Waals surface area contributed by atoms with Gasteiger partial charge in [-0.15, -0.1) is 0 Å². The third-order valence-corrected chi connectivity index (χ3v) is 0.787. The summed E-state index contributed by atoms with van der Waals surface area (Å²) in [6.45, 7) is 4.79. The fraction of sp³-hybridized carbons (Fsp3) is 0.800. The van der Waals surface area contributed by atoms with Crippen LogP contribution in [0.25, 0.3) is 0 Å². The summed E-state index contributed by atoms with van der Waals surface area (Å²) in [6, 6.07) is 0. The maximum atomic E-state index is 4.90. The summed E-state index contributed by atoms with van der Waals surface area (Å²) >= 11 is 8.34. The van der Waals surface area contributed by atoms with Gasteiger partial charge in [0.15, 0.2) is 0 Å². The molecule has 0 heterocycles. The van der Waals surface area contributed by atoms with Crippen molar-refractivity contribution in [3.63, 3.8) is 0 Å². The van der Waals surface area contributed by atoms with Crippen LogP contribution in [-0.2, 0) is 25.8 Å². The first kappa shape index (κ1) is 12.6. The van der Waals surface area contributed by atoms with E-state index < -0.39 is 0 Å². The van der Waals surface area contributed by atoms with Gasteiger partial charge in [-0.25, -0.2) is 0 Å². The molecular weight excluding hydrogens is 236 g/mol. The van der Waals surface area contributed by atoms with Crippen molar-refractivity contribution in [2.45, 2.75) is 13.8 Å². The minimum absolute atomic E-state index is 0. The Morgan fingerprint density at radius 2 is 2.11 bits per heavy atom. The molecular formula is C5H10MoOS2. The monoisotopic (exact) mass is 248 g/mol. The van der Waals surface area contributed by atoms with Crippen LogP contribution in [0.3, 0.4) is 0 Å². The van der Waals surface area contributed by atoms with Crippen LogP contribution in [0.5, 0.6) is 0 Å². The molecule has 0 amide bonds. The Kier molecular flexibility index (Phi) is 9.85. The molecule has 0 spiro atoms. The van der Waals surface area contributed by atoms with Gasteiger partial charge in [-0.05, 0) is 18.1 Å². The molecule has 0 aliphatic rings. The van der Waals surface area contributed by atoms with Crippen molar-refractivity contribution in [2.75, 3.05) is 6.61 Å². The minimum atomic E-state index is 0. The van der Waals surface area contributed by atoms with Crippen LogP contribution in [0.2, 0.25) is 0 Å². The van der Waals surface area contributed by atoms with Gasteiger partial charge in [-0.2, -0.15) is 0 Å².